The van der Waals surface area contributed by atoms with Crippen LogP contribution in [0.5, 0.6) is 5.75 Å². The quantitative estimate of drug-likeness (QED) is 0.334. The average molecular weight is 440 g/mol. The Labute approximate surface area is 192 Å². The number of rotatable bonds is 10. The number of nitrogens with zero attached hydrogens (tertiary/aromatic N) is 5. The van der Waals surface area contributed by atoms with E-state index in [-0.39, 0.29) is 0 Å². The number of hydrogen-bond acceptors (Lipinski definition) is 6. The van der Waals surface area contributed by atoms with Crippen LogP contribution in [-0.2, 0) is 6.54 Å². The minimum Gasteiger partial charge on any atom is -0.493 e. The molecule has 3 rings (SSSR count). The second-order valence-electron chi connectivity index (χ2n) is 8.04. The molecule has 1 fully saturated rings. The Bertz CT molecular complexity index is 835. The topological polar surface area (TPSA) is 77.9 Å². The Kier molecular flexibility index (Phi) is 9.56. The first-order chi connectivity index (χ1) is 15.7. The van der Waals surface area contributed by atoms with Crippen LogP contribution in [-0.4, -0.2) is 73.8 Å². The zero-order valence-corrected chi connectivity index (χ0v) is 19.7. The third kappa shape index (κ3) is 7.37. The number of hydrogen-bond donors (Lipinski definition) is 2. The monoisotopic (exact) mass is 439 g/mol. The molecule has 1 aromatic heterocycles. The molecule has 2 heterocycles. The van der Waals surface area contributed by atoms with E-state index in [1.807, 2.05) is 13.1 Å². The first kappa shape index (κ1) is 23.8. The predicted molar refractivity (Wildman–Crippen MR) is 130 cm³/mol. The Morgan fingerprint density at radius 1 is 1.12 bits per heavy atom. The summed E-state index contributed by atoms with van der Waals surface area (Å²) in [6, 6.07) is 8.21. The van der Waals surface area contributed by atoms with Gasteiger partial charge in [0.2, 0.25) is 5.95 Å². The van der Waals surface area contributed by atoms with E-state index in [0.29, 0.717) is 6.54 Å². The molecular weight excluding hydrogens is 402 g/mol. The highest BCUT2D eigenvalue weighted by Gasteiger charge is 2.18. The van der Waals surface area contributed by atoms with E-state index < -0.39 is 0 Å². The van der Waals surface area contributed by atoms with Crippen molar-refractivity contribution in [3.8, 4) is 5.75 Å². The van der Waals surface area contributed by atoms with Gasteiger partial charge in [0.05, 0.1) is 6.61 Å². The number of nitrogens with one attached hydrogen (secondary N) is 2. The van der Waals surface area contributed by atoms with Crippen LogP contribution in [0, 0.1) is 6.92 Å². The minimum absolute atomic E-state index is 0.683. The number of aromatic nitrogens is 2. The fourth-order valence-electron chi connectivity index (χ4n) is 3.69. The van der Waals surface area contributed by atoms with Crippen molar-refractivity contribution in [1.82, 2.24) is 25.5 Å². The van der Waals surface area contributed by atoms with Crippen molar-refractivity contribution in [2.75, 3.05) is 57.8 Å². The number of aliphatic imine (C=N–C) groups is 1. The Hall–Kier alpha value is -2.87. The van der Waals surface area contributed by atoms with Gasteiger partial charge in [0.25, 0.3) is 0 Å². The normalized spacial score (nSPS) is 15.0. The van der Waals surface area contributed by atoms with Crippen LogP contribution in [0.3, 0.4) is 0 Å². The average Bonchev–Trinajstić information content (AvgIpc) is 2.84. The van der Waals surface area contributed by atoms with Gasteiger partial charge >= 0.3 is 0 Å². The summed E-state index contributed by atoms with van der Waals surface area (Å²) in [5, 5.41) is 6.84. The van der Waals surface area contributed by atoms with Crippen LogP contribution in [0.15, 0.2) is 41.7 Å². The molecule has 2 aromatic rings. The molecule has 2 N–H and O–H groups in total. The molecule has 0 unspecified atom stereocenters. The second-order valence-corrected chi connectivity index (χ2v) is 8.04. The maximum Gasteiger partial charge on any atom is 0.225 e. The fraction of sp³-hybridized carbons (Fsp3) is 0.542. The molecule has 1 aliphatic rings. The first-order valence-corrected chi connectivity index (χ1v) is 11.6. The van der Waals surface area contributed by atoms with Crippen LogP contribution < -0.4 is 20.3 Å². The zero-order chi connectivity index (χ0) is 22.6. The summed E-state index contributed by atoms with van der Waals surface area (Å²) < 4.78 is 5.92. The van der Waals surface area contributed by atoms with Crippen molar-refractivity contribution in [2.45, 2.75) is 33.2 Å². The van der Waals surface area contributed by atoms with Crippen molar-refractivity contribution in [1.29, 1.82) is 0 Å². The number of piperazine rings is 1. The number of ether oxygens (including phenoxy) is 1. The largest absolute Gasteiger partial charge is 0.493 e. The molecule has 0 radical (unpaired) electrons. The zero-order valence-electron chi connectivity index (χ0n) is 19.7. The highest BCUT2D eigenvalue weighted by molar-refractivity contribution is 5.79. The molecule has 0 spiro atoms. The van der Waals surface area contributed by atoms with Gasteiger partial charge in [-0.15, -0.1) is 0 Å². The molecule has 0 aliphatic carbocycles. The van der Waals surface area contributed by atoms with Gasteiger partial charge in [-0.3, -0.25) is 9.89 Å². The Balaban J connectivity index is 1.35. The number of aryl methyl sites for hydroxylation is 1. The van der Waals surface area contributed by atoms with E-state index in [9.17, 15) is 0 Å². The summed E-state index contributed by atoms with van der Waals surface area (Å²) in [6.07, 6.45) is 5.68. The molecular formula is C24H37N7O. The second kappa shape index (κ2) is 12.9. The molecule has 1 aliphatic heterocycles. The maximum atomic E-state index is 5.92. The van der Waals surface area contributed by atoms with Crippen molar-refractivity contribution in [2.24, 2.45) is 4.99 Å². The van der Waals surface area contributed by atoms with Crippen molar-refractivity contribution < 1.29 is 4.74 Å². The van der Waals surface area contributed by atoms with Gasteiger partial charge in [0.1, 0.15) is 5.75 Å². The van der Waals surface area contributed by atoms with E-state index in [0.717, 1.165) is 81.9 Å². The van der Waals surface area contributed by atoms with Crippen LogP contribution in [0.1, 0.15) is 30.9 Å². The van der Waals surface area contributed by atoms with E-state index in [1.54, 1.807) is 12.4 Å². The lowest BCUT2D eigenvalue weighted by Crippen LogP contribution is -2.47. The van der Waals surface area contributed by atoms with E-state index in [1.165, 1.54) is 5.56 Å². The highest BCUT2D eigenvalue weighted by Crippen LogP contribution is 2.20. The summed E-state index contributed by atoms with van der Waals surface area (Å²) in [4.78, 5) is 17.8. The van der Waals surface area contributed by atoms with E-state index >= 15 is 0 Å². The van der Waals surface area contributed by atoms with Gasteiger partial charge in [0.15, 0.2) is 5.96 Å². The third-order valence-corrected chi connectivity index (χ3v) is 5.51. The molecule has 0 bridgehead atoms. The lowest BCUT2D eigenvalue weighted by molar-refractivity contribution is 0.254. The lowest BCUT2D eigenvalue weighted by atomic mass is 10.1. The van der Waals surface area contributed by atoms with Crippen LogP contribution >= 0.6 is 0 Å². The van der Waals surface area contributed by atoms with Crippen molar-refractivity contribution >= 4 is 11.9 Å². The molecule has 0 atom stereocenters. The fourth-order valence-corrected chi connectivity index (χ4v) is 3.69. The standard InChI is InChI=1S/C24H37N7O/c1-4-17-32-22-18-20(2)7-8-21(22)19-29-23(25-3)26-11-6-12-30-13-15-31(16-14-30)24-27-9-5-10-28-24/h5,7-10,18H,4,6,11-17,19H2,1-3H3,(H2,25,26,29). The SMILES string of the molecule is CCCOc1cc(C)ccc1CNC(=NC)NCCCN1CCN(c2ncccn2)CC1. The molecule has 0 amide bonds. The number of guanidine groups is 1. The molecule has 32 heavy (non-hydrogen) atoms. The summed E-state index contributed by atoms with van der Waals surface area (Å²) in [7, 11) is 1.81. The molecule has 1 aromatic carbocycles. The van der Waals surface area contributed by atoms with Gasteiger partial charge in [-0.2, -0.15) is 0 Å². The predicted octanol–water partition coefficient (Wildman–Crippen LogP) is 2.45. The summed E-state index contributed by atoms with van der Waals surface area (Å²) >= 11 is 0. The summed E-state index contributed by atoms with van der Waals surface area (Å²) in [5.41, 5.74) is 2.35. The van der Waals surface area contributed by atoms with Crippen LogP contribution in [0.2, 0.25) is 0 Å². The molecule has 1 saturated heterocycles. The van der Waals surface area contributed by atoms with Crippen LogP contribution in [0.4, 0.5) is 5.95 Å². The van der Waals surface area contributed by atoms with Gasteiger partial charge in [-0.1, -0.05) is 19.1 Å². The van der Waals surface area contributed by atoms with E-state index in [2.05, 4.69) is 67.4 Å². The minimum atomic E-state index is 0.683. The van der Waals surface area contributed by atoms with Crippen molar-refractivity contribution in [3.63, 3.8) is 0 Å². The number of benzene rings is 1. The first-order valence-electron chi connectivity index (χ1n) is 11.6. The maximum absolute atomic E-state index is 5.92. The van der Waals surface area contributed by atoms with Crippen molar-refractivity contribution in [3.05, 3.63) is 47.8 Å². The lowest BCUT2D eigenvalue weighted by Gasteiger charge is -2.34. The number of anilines is 1. The van der Waals surface area contributed by atoms with E-state index in [4.69, 9.17) is 4.74 Å². The third-order valence-electron chi connectivity index (χ3n) is 5.51. The molecule has 0 saturated carbocycles. The smallest absolute Gasteiger partial charge is 0.225 e. The molecule has 174 valence electrons. The Morgan fingerprint density at radius 3 is 2.62 bits per heavy atom. The summed E-state index contributed by atoms with van der Waals surface area (Å²) in [6.45, 7) is 11.6. The van der Waals surface area contributed by atoms with Gasteiger partial charge < -0.3 is 20.3 Å². The molecule has 8 heteroatoms. The molecule has 8 nitrogen and oxygen atoms in total. The Morgan fingerprint density at radius 2 is 1.91 bits per heavy atom. The summed E-state index contributed by atoms with van der Waals surface area (Å²) in [5.74, 6) is 2.61. The van der Waals surface area contributed by atoms with Gasteiger partial charge in [-0.05, 0) is 44.0 Å². The van der Waals surface area contributed by atoms with Gasteiger partial charge in [0, 0.05) is 64.3 Å². The van der Waals surface area contributed by atoms with Crippen LogP contribution in [0.25, 0.3) is 0 Å². The highest BCUT2D eigenvalue weighted by atomic mass is 16.5. The van der Waals surface area contributed by atoms with Gasteiger partial charge in [-0.25, -0.2) is 9.97 Å².